The fourth-order valence-corrected chi connectivity index (χ4v) is 3.78. The van der Waals surface area contributed by atoms with E-state index in [0.717, 1.165) is 27.8 Å². The van der Waals surface area contributed by atoms with Gasteiger partial charge in [0.2, 0.25) is 0 Å². The number of carbonyl (C=O) groups is 1. The fourth-order valence-electron chi connectivity index (χ4n) is 3.66. The summed E-state index contributed by atoms with van der Waals surface area (Å²) in [6, 6.07) is 11.8. The van der Waals surface area contributed by atoms with Crippen LogP contribution in [0.3, 0.4) is 0 Å². The van der Waals surface area contributed by atoms with Gasteiger partial charge in [0.1, 0.15) is 5.76 Å². The Kier molecular flexibility index (Phi) is 4.51. The van der Waals surface area contributed by atoms with E-state index in [1.807, 2.05) is 51.1 Å². The highest BCUT2D eigenvalue weighted by molar-refractivity contribution is 6.30. The van der Waals surface area contributed by atoms with Crippen molar-refractivity contribution in [3.05, 3.63) is 63.9 Å². The Morgan fingerprint density at radius 2 is 1.56 bits per heavy atom. The molecule has 0 radical (unpaired) electrons. The van der Waals surface area contributed by atoms with E-state index >= 15 is 0 Å². The SMILES string of the molecule is Cc1cc(C)c(-c2ccc(Cl)cc2)cc1C1=C(O)CC(C)(C)CC1=O. The Morgan fingerprint density at radius 3 is 2.16 bits per heavy atom. The summed E-state index contributed by atoms with van der Waals surface area (Å²) in [6.45, 7) is 8.07. The third-order valence-corrected chi connectivity index (χ3v) is 5.10. The zero-order chi connectivity index (χ0) is 18.4. The molecule has 0 aliphatic heterocycles. The van der Waals surface area contributed by atoms with Gasteiger partial charge < -0.3 is 5.11 Å². The number of ketones is 1. The lowest BCUT2D eigenvalue weighted by atomic mass is 9.74. The average Bonchev–Trinajstić information content (AvgIpc) is 2.48. The van der Waals surface area contributed by atoms with Gasteiger partial charge in [-0.25, -0.2) is 0 Å². The van der Waals surface area contributed by atoms with E-state index in [1.54, 1.807) is 0 Å². The number of allylic oxidation sites excluding steroid dienone is 2. The smallest absolute Gasteiger partial charge is 0.167 e. The van der Waals surface area contributed by atoms with Crippen molar-refractivity contribution < 1.29 is 9.90 Å². The van der Waals surface area contributed by atoms with E-state index in [0.29, 0.717) is 23.4 Å². The number of hydrogen-bond donors (Lipinski definition) is 1. The van der Waals surface area contributed by atoms with Gasteiger partial charge in [-0.1, -0.05) is 43.6 Å². The molecule has 3 heteroatoms. The molecule has 2 aromatic rings. The molecular weight excluding hydrogens is 332 g/mol. The van der Waals surface area contributed by atoms with Crippen LogP contribution in [0.25, 0.3) is 16.7 Å². The van der Waals surface area contributed by atoms with E-state index in [1.165, 1.54) is 0 Å². The molecule has 2 aromatic carbocycles. The second-order valence-electron chi connectivity index (χ2n) is 7.75. The van der Waals surface area contributed by atoms with Gasteiger partial charge in [-0.15, -0.1) is 0 Å². The maximum Gasteiger partial charge on any atom is 0.167 e. The highest BCUT2D eigenvalue weighted by Gasteiger charge is 2.34. The Bertz CT molecular complexity index is 874. The van der Waals surface area contributed by atoms with E-state index in [4.69, 9.17) is 11.6 Å². The van der Waals surface area contributed by atoms with Crippen molar-refractivity contribution in [3.8, 4) is 11.1 Å². The van der Waals surface area contributed by atoms with Gasteiger partial charge in [0.05, 0.1) is 5.57 Å². The molecule has 1 N–H and O–H groups in total. The minimum Gasteiger partial charge on any atom is -0.512 e. The monoisotopic (exact) mass is 354 g/mol. The van der Waals surface area contributed by atoms with Crippen LogP contribution in [-0.4, -0.2) is 10.9 Å². The fraction of sp³-hybridized carbons (Fsp3) is 0.318. The standard InChI is InChI=1S/C22H23ClO2/c1-13-9-14(2)18(10-17(13)15-5-7-16(23)8-6-15)21-19(24)11-22(3,4)12-20(21)25/h5-10,24H,11-12H2,1-4H3. The van der Waals surface area contributed by atoms with Crippen molar-refractivity contribution in [2.75, 3.05) is 0 Å². The number of benzene rings is 2. The number of rotatable bonds is 2. The molecule has 1 aliphatic carbocycles. The molecule has 0 bridgehead atoms. The predicted molar refractivity (Wildman–Crippen MR) is 104 cm³/mol. The van der Waals surface area contributed by atoms with E-state index < -0.39 is 0 Å². The Labute approximate surface area is 154 Å². The molecule has 0 saturated heterocycles. The first-order chi connectivity index (χ1) is 11.7. The molecule has 130 valence electrons. The number of aliphatic hydroxyl groups excluding tert-OH is 1. The molecule has 25 heavy (non-hydrogen) atoms. The number of Topliss-reactive ketones (excluding diaryl/α,β-unsaturated/α-hetero) is 1. The lowest BCUT2D eigenvalue weighted by molar-refractivity contribution is -0.116. The van der Waals surface area contributed by atoms with E-state index in [-0.39, 0.29) is 17.0 Å². The molecule has 0 saturated carbocycles. The van der Waals surface area contributed by atoms with Crippen LogP contribution in [0, 0.1) is 19.3 Å². The normalized spacial score (nSPS) is 17.1. The van der Waals surface area contributed by atoms with Gasteiger partial charge in [0, 0.05) is 17.9 Å². The molecule has 0 atom stereocenters. The predicted octanol–water partition coefficient (Wildman–Crippen LogP) is 6.28. The minimum atomic E-state index is -0.192. The zero-order valence-electron chi connectivity index (χ0n) is 15.1. The molecule has 0 amide bonds. The summed E-state index contributed by atoms with van der Waals surface area (Å²) in [5, 5.41) is 11.3. The van der Waals surface area contributed by atoms with E-state index in [9.17, 15) is 9.90 Å². The third-order valence-electron chi connectivity index (χ3n) is 4.85. The van der Waals surface area contributed by atoms with Crippen molar-refractivity contribution in [2.24, 2.45) is 5.41 Å². The summed E-state index contributed by atoms with van der Waals surface area (Å²) in [5.74, 6) is 0.220. The summed E-state index contributed by atoms with van der Waals surface area (Å²) >= 11 is 6.00. The van der Waals surface area contributed by atoms with Crippen LogP contribution in [0.1, 0.15) is 43.4 Å². The van der Waals surface area contributed by atoms with Crippen molar-refractivity contribution in [1.29, 1.82) is 0 Å². The van der Waals surface area contributed by atoms with Gasteiger partial charge in [-0.3, -0.25) is 4.79 Å². The Balaban J connectivity index is 2.16. The quantitative estimate of drug-likeness (QED) is 0.688. The summed E-state index contributed by atoms with van der Waals surface area (Å²) in [5.41, 5.74) is 5.35. The van der Waals surface area contributed by atoms with Gasteiger partial charge >= 0.3 is 0 Å². The van der Waals surface area contributed by atoms with Crippen LogP contribution in [0.15, 0.2) is 42.2 Å². The molecule has 0 fully saturated rings. The van der Waals surface area contributed by atoms with Gasteiger partial charge in [0.15, 0.2) is 5.78 Å². The summed E-state index contributed by atoms with van der Waals surface area (Å²) in [7, 11) is 0. The van der Waals surface area contributed by atoms with Crippen LogP contribution in [-0.2, 0) is 4.79 Å². The van der Waals surface area contributed by atoms with Crippen LogP contribution < -0.4 is 0 Å². The third kappa shape index (κ3) is 3.50. The van der Waals surface area contributed by atoms with Gasteiger partial charge in [-0.05, 0) is 65.3 Å². The lowest BCUT2D eigenvalue weighted by Gasteiger charge is -2.30. The first-order valence-corrected chi connectivity index (χ1v) is 8.88. The molecule has 0 aromatic heterocycles. The number of halogens is 1. The van der Waals surface area contributed by atoms with Crippen LogP contribution in [0.2, 0.25) is 5.02 Å². The van der Waals surface area contributed by atoms with Gasteiger partial charge in [-0.2, -0.15) is 0 Å². The maximum atomic E-state index is 12.7. The maximum absolute atomic E-state index is 12.7. The average molecular weight is 355 g/mol. The van der Waals surface area contributed by atoms with Crippen molar-refractivity contribution >= 4 is 23.0 Å². The Hall–Kier alpha value is -2.06. The lowest BCUT2D eigenvalue weighted by Crippen LogP contribution is -2.25. The molecule has 1 aliphatic rings. The van der Waals surface area contributed by atoms with Crippen molar-refractivity contribution in [3.63, 3.8) is 0 Å². The molecule has 0 heterocycles. The first kappa shape index (κ1) is 17.8. The minimum absolute atomic E-state index is 0.0164. The number of carbonyl (C=O) groups excluding carboxylic acids is 1. The van der Waals surface area contributed by atoms with Gasteiger partial charge in [0.25, 0.3) is 0 Å². The molecule has 0 spiro atoms. The number of hydrogen-bond acceptors (Lipinski definition) is 2. The highest BCUT2D eigenvalue weighted by Crippen LogP contribution is 2.41. The van der Waals surface area contributed by atoms with Crippen molar-refractivity contribution in [1.82, 2.24) is 0 Å². The number of aliphatic hydroxyl groups is 1. The van der Waals surface area contributed by atoms with Crippen LogP contribution in [0.4, 0.5) is 0 Å². The topological polar surface area (TPSA) is 37.3 Å². The van der Waals surface area contributed by atoms with E-state index in [2.05, 4.69) is 13.0 Å². The van der Waals surface area contributed by atoms with Crippen molar-refractivity contribution in [2.45, 2.75) is 40.5 Å². The summed E-state index contributed by atoms with van der Waals surface area (Å²) in [6.07, 6.45) is 0.980. The zero-order valence-corrected chi connectivity index (χ0v) is 15.9. The molecule has 3 rings (SSSR count). The highest BCUT2D eigenvalue weighted by atomic mass is 35.5. The molecular formula is C22H23ClO2. The van der Waals surface area contributed by atoms with Crippen LogP contribution >= 0.6 is 11.6 Å². The van der Waals surface area contributed by atoms with Crippen LogP contribution in [0.5, 0.6) is 0 Å². The molecule has 2 nitrogen and oxygen atoms in total. The first-order valence-electron chi connectivity index (χ1n) is 8.51. The second kappa shape index (κ2) is 6.34. The largest absolute Gasteiger partial charge is 0.512 e. The number of aryl methyl sites for hydroxylation is 2. The second-order valence-corrected chi connectivity index (χ2v) is 8.19. The Morgan fingerprint density at radius 1 is 0.960 bits per heavy atom. The summed E-state index contributed by atoms with van der Waals surface area (Å²) in [4.78, 5) is 12.7. The molecule has 0 unspecified atom stereocenters. The summed E-state index contributed by atoms with van der Waals surface area (Å²) < 4.78 is 0.